The summed E-state index contributed by atoms with van der Waals surface area (Å²) in [5.74, 6) is 9.67. The Morgan fingerprint density at radius 3 is 1.32 bits per heavy atom. The van der Waals surface area contributed by atoms with E-state index in [1.165, 1.54) is 54.8 Å². The first-order valence-electron chi connectivity index (χ1n) is 22.9. The molecule has 4 nitrogen and oxygen atoms in total. The maximum absolute atomic E-state index is 5.81. The number of hydrogen-bond acceptors (Lipinski definition) is 8. The van der Waals surface area contributed by atoms with Crippen molar-refractivity contribution in [1.29, 1.82) is 0 Å². The predicted octanol–water partition coefficient (Wildman–Crippen LogP) is 14.8. The minimum atomic E-state index is 0. The molecule has 0 saturated carbocycles. The van der Waals surface area contributed by atoms with Crippen molar-refractivity contribution in [2.45, 2.75) is 79.1 Å². The van der Waals surface area contributed by atoms with Gasteiger partial charge in [-0.3, -0.25) is 0 Å². The summed E-state index contributed by atoms with van der Waals surface area (Å²) >= 11 is 23.1. The minimum absolute atomic E-state index is 0. The first-order chi connectivity index (χ1) is 33.1. The van der Waals surface area contributed by atoms with Gasteiger partial charge in [0.2, 0.25) is 0 Å². The van der Waals surface area contributed by atoms with Crippen LogP contribution in [0.4, 0.5) is 17.1 Å². The van der Waals surface area contributed by atoms with Crippen molar-refractivity contribution in [3.8, 4) is 48.6 Å². The summed E-state index contributed by atoms with van der Waals surface area (Å²) < 4.78 is 0. The number of unbranched alkanes of at least 4 members (excludes halogenated alkanes) is 4. The number of benzene rings is 4. The molecule has 0 bridgehead atoms. The van der Waals surface area contributed by atoms with E-state index in [4.69, 9.17) is 63.4 Å². The molecule has 0 heterocycles. The summed E-state index contributed by atoms with van der Waals surface area (Å²) in [6, 6.07) is 37.8. The van der Waals surface area contributed by atoms with Crippen LogP contribution in [0, 0.1) is 48.6 Å². The van der Waals surface area contributed by atoms with Crippen molar-refractivity contribution in [2.24, 2.45) is 0 Å². The molecule has 0 aliphatic heterocycles. The largest absolute Gasteiger partial charge is 0.781 e. The fraction of sp³-hybridized carbons (Fsp3) is 0.267. The summed E-state index contributed by atoms with van der Waals surface area (Å²) in [7, 11) is 0. The van der Waals surface area contributed by atoms with Crippen LogP contribution in [0.15, 0.2) is 139 Å². The molecule has 0 aliphatic rings. The zero-order chi connectivity index (χ0) is 49.5. The van der Waals surface area contributed by atoms with E-state index >= 15 is 0 Å². The average molecular weight is 1040 g/mol. The molecule has 0 spiro atoms. The average Bonchev–Trinajstić information content (AvgIpc) is 3.38. The van der Waals surface area contributed by atoms with Crippen molar-refractivity contribution in [2.75, 3.05) is 40.9 Å². The second kappa shape index (κ2) is 34.1. The summed E-state index contributed by atoms with van der Waals surface area (Å²) in [5.41, 5.74) is 19.4. The smallest absolute Gasteiger partial charge is 0.0974 e. The molecule has 4 aromatic carbocycles. The third kappa shape index (κ3) is 19.7. The van der Waals surface area contributed by atoms with E-state index in [0.29, 0.717) is 25.3 Å². The van der Waals surface area contributed by atoms with Crippen LogP contribution in [-0.4, -0.2) is 26.2 Å². The third-order valence-electron chi connectivity index (χ3n) is 10.4. The van der Waals surface area contributed by atoms with Gasteiger partial charge in [-0.15, -0.1) is 12.8 Å². The second-order valence-electron chi connectivity index (χ2n) is 15.3. The van der Waals surface area contributed by atoms with Gasteiger partial charge in [0.05, 0.1) is 17.6 Å². The molecule has 370 valence electrons. The number of terminal acetylenes is 2. The molecule has 0 atom stereocenters. The van der Waals surface area contributed by atoms with Crippen molar-refractivity contribution in [1.82, 2.24) is 5.32 Å². The quantitative estimate of drug-likeness (QED) is 0.0207. The predicted molar refractivity (Wildman–Crippen MR) is 318 cm³/mol. The van der Waals surface area contributed by atoms with E-state index in [1.807, 2.05) is 60.7 Å². The zero-order valence-corrected chi connectivity index (χ0v) is 44.4. The first-order valence-corrected chi connectivity index (χ1v) is 24.6. The van der Waals surface area contributed by atoms with Crippen LogP contribution in [0.1, 0.15) is 115 Å². The molecule has 0 aliphatic carbocycles. The molecule has 0 saturated heterocycles. The topological polar surface area (TPSA) is 21.8 Å². The van der Waals surface area contributed by atoms with Crippen LogP contribution in [0.3, 0.4) is 0 Å². The van der Waals surface area contributed by atoms with Crippen molar-refractivity contribution < 1.29 is 25.1 Å². The van der Waals surface area contributed by atoms with E-state index in [1.54, 1.807) is 6.20 Å². The van der Waals surface area contributed by atoms with E-state index in [9.17, 15) is 0 Å². The van der Waals surface area contributed by atoms with Gasteiger partial charge in [-0.2, -0.15) is 19.6 Å². The van der Waals surface area contributed by atoms with Crippen LogP contribution < -0.4 is 20.0 Å². The molecule has 4 aromatic rings. The van der Waals surface area contributed by atoms with Gasteiger partial charge < -0.3 is 65.6 Å². The molecule has 0 unspecified atom stereocenters. The van der Waals surface area contributed by atoms with Crippen LogP contribution in [-0.2, 0) is 67.0 Å². The molecule has 0 aromatic heterocycles. The maximum Gasteiger partial charge on any atom is 0.0974 e. The molecule has 1 N–H and O–H groups in total. The number of anilines is 3. The molecule has 0 fully saturated rings. The maximum atomic E-state index is 5.81. The number of hydrogen-bond donors (Lipinski definition) is 1. The van der Waals surface area contributed by atoms with Gasteiger partial charge >= 0.3 is 0 Å². The minimum Gasteiger partial charge on any atom is -0.781 e. The Labute approximate surface area is 456 Å². The molecule has 9 heteroatoms. The van der Waals surface area contributed by atoms with Crippen molar-refractivity contribution in [3.63, 3.8) is 0 Å². The summed E-state index contributed by atoms with van der Waals surface area (Å²) in [5, 5.41) is 3.08. The second-order valence-corrected chi connectivity index (χ2v) is 16.9. The standard InChI is InChI=1S/C30H34N2S2.C30H30N2S2.Ni.6H2/c1-5-9-20-31-28(13-8-4)24-16-18-25(19-17-24)29(33)30(34)26-14-12-15-27(23-26)32(21-10-6-2)22-11-7-3;1-5-9-20-31(21-10-6-2)27-18-16-25(17-19-27)29(33)30(34)26-14-13-15-28(24-26)32(22-11-7-3)23-12-8-4;;;;;;;/h12,14-20,23,31,33-34H,1,4,6-7,10-11,21-22H2,2-3H3;1-2,13-19,24,33-34H,7-8,11-12,22-23H2,3-4H3;;6*1H/p-4. The van der Waals surface area contributed by atoms with Gasteiger partial charge in [-0.05, 0) is 115 Å². The van der Waals surface area contributed by atoms with E-state index in [0.717, 1.165) is 72.5 Å². The van der Waals surface area contributed by atoms with Gasteiger partial charge in [0, 0.05) is 92.1 Å². The molecular formula is C60H72N4NiS4-4. The summed E-state index contributed by atoms with van der Waals surface area (Å²) in [6.45, 7) is 20.2. The SMILES string of the molecule is C#CC#CN(C#CC#C)c1ccc(C([S-])=C([S-])c2cccc(N(CCCC)CCCC)c2)cc1.C=C=C=CNC(=C=C=C)c1ccc(C([S-])=C([S-])c2cccc(N(CCCC)CCCC)c2)cc1.[HH].[HH].[HH].[HH].[HH].[HH].[Ni]. The van der Waals surface area contributed by atoms with Crippen LogP contribution in [0.5, 0.6) is 0 Å². The summed E-state index contributed by atoms with van der Waals surface area (Å²) in [6.07, 6.45) is 21.5. The molecular weight excluding hydrogens is 964 g/mol. The Hall–Kier alpha value is -6.23. The molecule has 69 heavy (non-hydrogen) atoms. The number of rotatable bonds is 22. The van der Waals surface area contributed by atoms with Crippen molar-refractivity contribution >= 4 is 92.9 Å². The Morgan fingerprint density at radius 2 is 0.942 bits per heavy atom. The van der Waals surface area contributed by atoms with Gasteiger partial charge in [0.15, 0.2) is 0 Å². The van der Waals surface area contributed by atoms with Crippen molar-refractivity contribution in [3.05, 3.63) is 167 Å². The number of nitrogens with zero attached hydrogens (tertiary/aromatic N) is 3. The van der Waals surface area contributed by atoms with E-state index in [2.05, 4.69) is 151 Å². The Kier molecular flexibility index (Phi) is 29.1. The van der Waals surface area contributed by atoms with Crippen LogP contribution in [0.25, 0.3) is 25.3 Å². The van der Waals surface area contributed by atoms with Gasteiger partial charge in [0.25, 0.3) is 0 Å². The van der Waals surface area contributed by atoms with Gasteiger partial charge in [-0.25, -0.2) is 4.90 Å². The number of nitrogens with one attached hydrogen (secondary N) is 1. The van der Waals surface area contributed by atoms with Crippen LogP contribution >= 0.6 is 0 Å². The molecule has 0 radical (unpaired) electrons. The first kappa shape index (κ1) is 58.9. The Balaban J connectivity index is -0.000000398. The fourth-order valence-corrected chi connectivity index (χ4v) is 7.67. The fourth-order valence-electron chi connectivity index (χ4n) is 6.67. The Morgan fingerprint density at radius 1 is 0.551 bits per heavy atom. The van der Waals surface area contributed by atoms with E-state index < -0.39 is 0 Å². The van der Waals surface area contributed by atoms with Crippen LogP contribution in [0.2, 0.25) is 0 Å². The molecule has 0 amide bonds. The monoisotopic (exact) mass is 1030 g/mol. The van der Waals surface area contributed by atoms with Gasteiger partial charge in [0.1, 0.15) is 0 Å². The Bertz CT molecular complexity index is 2710. The normalized spacial score (nSPS) is 10.3. The zero-order valence-electron chi connectivity index (χ0n) is 40.2. The van der Waals surface area contributed by atoms with E-state index in [-0.39, 0.29) is 25.1 Å². The molecule has 4 rings (SSSR count). The van der Waals surface area contributed by atoms with Gasteiger partial charge in [-0.1, -0.05) is 131 Å². The third-order valence-corrected chi connectivity index (χ3v) is 12.4. The summed E-state index contributed by atoms with van der Waals surface area (Å²) in [4.78, 5) is 9.04.